The highest BCUT2D eigenvalue weighted by molar-refractivity contribution is 7.11. The Labute approximate surface area is 148 Å². The second-order valence-corrected chi connectivity index (χ2v) is 6.62. The molecule has 126 valence electrons. The molecular formula is C20H24N2OS. The zero-order valence-corrected chi connectivity index (χ0v) is 15.2. The van der Waals surface area contributed by atoms with Gasteiger partial charge in [0.1, 0.15) is 16.8 Å². The first-order chi connectivity index (χ1) is 11.7. The molecule has 0 unspecified atom stereocenters. The maximum absolute atomic E-state index is 9.45. The van der Waals surface area contributed by atoms with Gasteiger partial charge in [0.2, 0.25) is 0 Å². The molecule has 1 heterocycles. The quantitative estimate of drug-likeness (QED) is 0.424. The number of ether oxygens (including phenoxy) is 1. The molecule has 0 aliphatic rings. The van der Waals surface area contributed by atoms with Crippen molar-refractivity contribution < 1.29 is 4.74 Å². The first-order valence-corrected chi connectivity index (χ1v) is 9.38. The Morgan fingerprint density at radius 1 is 1.25 bits per heavy atom. The zero-order valence-electron chi connectivity index (χ0n) is 14.4. The molecule has 0 N–H and O–H groups in total. The topological polar surface area (TPSA) is 45.9 Å². The monoisotopic (exact) mass is 340 g/mol. The highest BCUT2D eigenvalue weighted by atomic mass is 32.1. The first kappa shape index (κ1) is 18.2. The zero-order chi connectivity index (χ0) is 17.2. The second kappa shape index (κ2) is 9.89. The molecule has 0 bridgehead atoms. The van der Waals surface area contributed by atoms with Gasteiger partial charge in [-0.3, -0.25) is 0 Å². The van der Waals surface area contributed by atoms with Crippen molar-refractivity contribution in [2.24, 2.45) is 0 Å². The van der Waals surface area contributed by atoms with Gasteiger partial charge in [-0.25, -0.2) is 4.98 Å². The Balaban J connectivity index is 2.05. The molecule has 24 heavy (non-hydrogen) atoms. The number of hydrogen-bond acceptors (Lipinski definition) is 4. The number of nitrogens with zero attached hydrogens (tertiary/aromatic N) is 2. The molecule has 0 aliphatic heterocycles. The van der Waals surface area contributed by atoms with Crippen molar-refractivity contribution in [3.05, 3.63) is 45.9 Å². The lowest BCUT2D eigenvalue weighted by Crippen LogP contribution is -1.99. The Kier molecular flexibility index (Phi) is 7.51. The van der Waals surface area contributed by atoms with Gasteiger partial charge >= 0.3 is 0 Å². The van der Waals surface area contributed by atoms with E-state index < -0.39 is 0 Å². The normalized spacial score (nSPS) is 11.3. The van der Waals surface area contributed by atoms with E-state index in [0.717, 1.165) is 28.4 Å². The molecule has 3 nitrogen and oxygen atoms in total. The summed E-state index contributed by atoms with van der Waals surface area (Å²) in [7, 11) is 0. The number of hydrogen-bond donors (Lipinski definition) is 0. The highest BCUT2D eigenvalue weighted by Gasteiger charge is 2.08. The molecule has 0 amide bonds. The molecule has 0 saturated carbocycles. The van der Waals surface area contributed by atoms with E-state index in [4.69, 9.17) is 4.74 Å². The maximum Gasteiger partial charge on any atom is 0.134 e. The SMILES string of the molecule is CCCCCCCOc1ccccc1/C=C(/C#N)c1nc(C)cs1. The summed E-state index contributed by atoms with van der Waals surface area (Å²) in [6.45, 7) is 4.87. The van der Waals surface area contributed by atoms with Crippen molar-refractivity contribution >= 4 is 23.0 Å². The number of rotatable bonds is 9. The summed E-state index contributed by atoms with van der Waals surface area (Å²) >= 11 is 1.49. The fourth-order valence-corrected chi connectivity index (χ4v) is 3.16. The van der Waals surface area contributed by atoms with Crippen molar-refractivity contribution in [2.75, 3.05) is 6.61 Å². The molecule has 0 radical (unpaired) electrons. The minimum Gasteiger partial charge on any atom is -0.493 e. The number of para-hydroxylation sites is 1. The van der Waals surface area contributed by atoms with Gasteiger partial charge in [0.25, 0.3) is 0 Å². The number of allylic oxidation sites excluding steroid dienone is 1. The molecule has 1 aromatic carbocycles. The lowest BCUT2D eigenvalue weighted by atomic mass is 10.1. The van der Waals surface area contributed by atoms with Gasteiger partial charge in [-0.05, 0) is 25.5 Å². The second-order valence-electron chi connectivity index (χ2n) is 5.76. The number of nitriles is 1. The Morgan fingerprint density at radius 2 is 2.04 bits per heavy atom. The van der Waals surface area contributed by atoms with Gasteiger partial charge in [-0.2, -0.15) is 5.26 Å². The minimum absolute atomic E-state index is 0.576. The summed E-state index contributed by atoms with van der Waals surface area (Å²) in [4.78, 5) is 4.40. The van der Waals surface area contributed by atoms with E-state index in [9.17, 15) is 5.26 Å². The predicted molar refractivity (Wildman–Crippen MR) is 101 cm³/mol. The van der Waals surface area contributed by atoms with E-state index in [1.807, 2.05) is 42.6 Å². The summed E-state index contributed by atoms with van der Waals surface area (Å²) in [5.41, 5.74) is 2.44. The van der Waals surface area contributed by atoms with Gasteiger partial charge in [-0.15, -0.1) is 11.3 Å². The number of aromatic nitrogens is 1. The van der Waals surface area contributed by atoms with Crippen LogP contribution in [0.15, 0.2) is 29.6 Å². The van der Waals surface area contributed by atoms with E-state index >= 15 is 0 Å². The molecule has 4 heteroatoms. The fourth-order valence-electron chi connectivity index (χ4n) is 2.39. The molecule has 0 saturated heterocycles. The average molecular weight is 340 g/mol. The van der Waals surface area contributed by atoms with Crippen LogP contribution in [-0.2, 0) is 0 Å². The van der Waals surface area contributed by atoms with Crippen LogP contribution in [0.3, 0.4) is 0 Å². The van der Waals surface area contributed by atoms with Crippen LogP contribution in [0.2, 0.25) is 0 Å². The predicted octanol–water partition coefficient (Wildman–Crippen LogP) is 5.86. The summed E-state index contributed by atoms with van der Waals surface area (Å²) < 4.78 is 5.93. The molecule has 2 rings (SSSR count). The van der Waals surface area contributed by atoms with E-state index in [0.29, 0.717) is 12.2 Å². The van der Waals surface area contributed by atoms with Gasteiger partial charge in [0, 0.05) is 16.6 Å². The van der Waals surface area contributed by atoms with Crippen molar-refractivity contribution in [3.8, 4) is 11.8 Å². The number of thiazole rings is 1. The minimum atomic E-state index is 0.576. The standard InChI is InChI=1S/C20H24N2OS/c1-3-4-5-6-9-12-23-19-11-8-7-10-17(19)13-18(14-21)20-22-16(2)15-24-20/h7-8,10-11,13,15H,3-6,9,12H2,1-2H3/b18-13-. The Bertz CT molecular complexity index is 712. The third kappa shape index (κ3) is 5.50. The van der Waals surface area contributed by atoms with Crippen molar-refractivity contribution in [1.82, 2.24) is 4.98 Å². The van der Waals surface area contributed by atoms with Crippen LogP contribution >= 0.6 is 11.3 Å². The lowest BCUT2D eigenvalue weighted by molar-refractivity contribution is 0.304. The molecule has 0 spiro atoms. The highest BCUT2D eigenvalue weighted by Crippen LogP contribution is 2.26. The smallest absolute Gasteiger partial charge is 0.134 e. The average Bonchev–Trinajstić information content (AvgIpc) is 3.03. The summed E-state index contributed by atoms with van der Waals surface area (Å²) in [5, 5.41) is 12.2. The molecule has 0 atom stereocenters. The lowest BCUT2D eigenvalue weighted by Gasteiger charge is -2.09. The van der Waals surface area contributed by atoms with Crippen molar-refractivity contribution in [2.45, 2.75) is 46.0 Å². The van der Waals surface area contributed by atoms with E-state index in [1.54, 1.807) is 0 Å². The van der Waals surface area contributed by atoms with E-state index in [2.05, 4.69) is 18.0 Å². The summed E-state index contributed by atoms with van der Waals surface area (Å²) in [6, 6.07) is 10.1. The fraction of sp³-hybridized carbons (Fsp3) is 0.400. The maximum atomic E-state index is 9.45. The molecule has 0 aliphatic carbocycles. The van der Waals surface area contributed by atoms with Crippen LogP contribution in [-0.4, -0.2) is 11.6 Å². The summed E-state index contributed by atoms with van der Waals surface area (Å²) in [6.07, 6.45) is 7.94. The van der Waals surface area contributed by atoms with Gasteiger partial charge < -0.3 is 4.74 Å². The van der Waals surface area contributed by atoms with Crippen LogP contribution in [0.1, 0.15) is 55.3 Å². The van der Waals surface area contributed by atoms with Crippen molar-refractivity contribution in [3.63, 3.8) is 0 Å². The molecule has 1 aromatic heterocycles. The molecular weight excluding hydrogens is 316 g/mol. The molecule has 0 fully saturated rings. The largest absolute Gasteiger partial charge is 0.493 e. The van der Waals surface area contributed by atoms with Crippen LogP contribution in [0.4, 0.5) is 0 Å². The van der Waals surface area contributed by atoms with E-state index in [-0.39, 0.29) is 0 Å². The Morgan fingerprint density at radius 3 is 2.75 bits per heavy atom. The number of unbranched alkanes of at least 4 members (excludes halogenated alkanes) is 4. The van der Waals surface area contributed by atoms with Gasteiger partial charge in [-0.1, -0.05) is 50.8 Å². The third-order valence-electron chi connectivity index (χ3n) is 3.69. The number of benzene rings is 1. The Hall–Kier alpha value is -2.12. The van der Waals surface area contributed by atoms with Crippen LogP contribution < -0.4 is 4.74 Å². The summed E-state index contributed by atoms with van der Waals surface area (Å²) in [5.74, 6) is 0.828. The van der Waals surface area contributed by atoms with Crippen LogP contribution in [0.5, 0.6) is 5.75 Å². The van der Waals surface area contributed by atoms with Gasteiger partial charge in [0.15, 0.2) is 0 Å². The van der Waals surface area contributed by atoms with Crippen LogP contribution in [0.25, 0.3) is 11.6 Å². The molecule has 2 aromatic rings. The van der Waals surface area contributed by atoms with Crippen LogP contribution in [0, 0.1) is 18.3 Å². The van der Waals surface area contributed by atoms with E-state index in [1.165, 1.54) is 37.0 Å². The number of aryl methyl sites for hydroxylation is 1. The first-order valence-electron chi connectivity index (χ1n) is 8.50. The van der Waals surface area contributed by atoms with Gasteiger partial charge in [0.05, 0.1) is 12.2 Å². The van der Waals surface area contributed by atoms with Crippen molar-refractivity contribution in [1.29, 1.82) is 5.26 Å². The third-order valence-corrected chi connectivity index (χ3v) is 4.69.